The first-order valence-electron chi connectivity index (χ1n) is 4.37. The second-order valence-corrected chi connectivity index (χ2v) is 6.33. The second-order valence-electron chi connectivity index (χ2n) is 3.09. The largest absolute Gasteiger partial charge is 0.244 e. The molecule has 0 aliphatic rings. The average molecular weight is 303 g/mol. The first kappa shape index (κ1) is 14.1. The number of alkyl halides is 1. The van der Waals surface area contributed by atoms with Crippen molar-refractivity contribution in [1.29, 1.82) is 0 Å². The van der Waals surface area contributed by atoms with Gasteiger partial charge in [-0.05, 0) is 18.2 Å². The molecule has 3 nitrogen and oxygen atoms in total. The monoisotopic (exact) mass is 301 g/mol. The second kappa shape index (κ2) is 5.56. The Kier molecular flexibility index (Phi) is 4.88. The Morgan fingerprint density at radius 2 is 1.94 bits per heavy atom. The van der Waals surface area contributed by atoms with Crippen molar-refractivity contribution in [3.8, 4) is 0 Å². The van der Waals surface area contributed by atoms with Crippen LogP contribution in [0.5, 0.6) is 0 Å². The molecule has 0 aromatic heterocycles. The van der Waals surface area contributed by atoms with Crippen molar-refractivity contribution in [2.24, 2.45) is 0 Å². The lowest BCUT2D eigenvalue weighted by Crippen LogP contribution is -2.28. The number of halogens is 3. The molecule has 0 aliphatic carbocycles. The van der Waals surface area contributed by atoms with Gasteiger partial charge in [0.05, 0.1) is 5.02 Å². The highest BCUT2D eigenvalue weighted by molar-refractivity contribution is 7.89. The maximum atomic E-state index is 12.0. The molecule has 0 unspecified atom stereocenters. The van der Waals surface area contributed by atoms with Gasteiger partial charge >= 0.3 is 0 Å². The Labute approximate surface area is 110 Å². The highest BCUT2D eigenvalue weighted by Crippen LogP contribution is 2.26. The van der Waals surface area contributed by atoms with Crippen LogP contribution < -0.4 is 0 Å². The zero-order valence-corrected chi connectivity index (χ0v) is 11.5. The van der Waals surface area contributed by atoms with Gasteiger partial charge in [0.2, 0.25) is 10.0 Å². The van der Waals surface area contributed by atoms with Crippen molar-refractivity contribution in [3.63, 3.8) is 0 Å². The minimum absolute atomic E-state index is 0.0335. The Balaban J connectivity index is 3.17. The number of rotatable bonds is 4. The van der Waals surface area contributed by atoms with Crippen LogP contribution in [-0.2, 0) is 10.0 Å². The third-order valence-corrected chi connectivity index (χ3v) is 4.73. The van der Waals surface area contributed by atoms with Crippen LogP contribution in [0.1, 0.15) is 0 Å². The van der Waals surface area contributed by atoms with Gasteiger partial charge in [-0.2, -0.15) is 4.31 Å². The normalized spacial score (nSPS) is 12.1. The van der Waals surface area contributed by atoms with Crippen molar-refractivity contribution in [2.45, 2.75) is 4.90 Å². The van der Waals surface area contributed by atoms with Gasteiger partial charge in [-0.3, -0.25) is 0 Å². The van der Waals surface area contributed by atoms with E-state index in [2.05, 4.69) is 0 Å². The SMILES string of the molecule is CN(CCCl)S(=O)(=O)c1ccc(Cl)cc1Cl. The molecule has 16 heavy (non-hydrogen) atoms. The van der Waals surface area contributed by atoms with E-state index in [1.54, 1.807) is 0 Å². The highest BCUT2D eigenvalue weighted by atomic mass is 35.5. The molecule has 1 rings (SSSR count). The minimum Gasteiger partial charge on any atom is -0.207 e. The molecule has 0 amide bonds. The van der Waals surface area contributed by atoms with Crippen molar-refractivity contribution < 1.29 is 8.42 Å². The van der Waals surface area contributed by atoms with Gasteiger partial charge in [0.15, 0.2) is 0 Å². The fraction of sp³-hybridized carbons (Fsp3) is 0.333. The molecule has 1 aromatic rings. The molecular formula is C9H10Cl3NO2S. The zero-order chi connectivity index (χ0) is 12.3. The molecule has 0 saturated carbocycles. The van der Waals surface area contributed by atoms with Crippen molar-refractivity contribution >= 4 is 44.8 Å². The third-order valence-electron chi connectivity index (χ3n) is 1.98. The Morgan fingerprint density at radius 1 is 1.31 bits per heavy atom. The van der Waals surface area contributed by atoms with Crippen LogP contribution in [0.15, 0.2) is 23.1 Å². The van der Waals surface area contributed by atoms with E-state index in [9.17, 15) is 8.42 Å². The maximum absolute atomic E-state index is 12.0. The van der Waals surface area contributed by atoms with Gasteiger partial charge in [-0.1, -0.05) is 23.2 Å². The molecule has 7 heteroatoms. The van der Waals surface area contributed by atoms with Gasteiger partial charge in [0, 0.05) is 24.5 Å². The standard InChI is InChI=1S/C9H10Cl3NO2S/c1-13(5-4-10)16(14,15)9-3-2-7(11)6-8(9)12/h2-3,6H,4-5H2,1H3. The van der Waals surface area contributed by atoms with Gasteiger partial charge in [-0.15, -0.1) is 11.6 Å². The molecule has 0 radical (unpaired) electrons. The van der Waals surface area contributed by atoms with E-state index in [4.69, 9.17) is 34.8 Å². The van der Waals surface area contributed by atoms with Gasteiger partial charge in [-0.25, -0.2) is 8.42 Å². The predicted octanol–water partition coefficient (Wildman–Crippen LogP) is 2.85. The Morgan fingerprint density at radius 3 is 2.44 bits per heavy atom. The van der Waals surface area contributed by atoms with Crippen LogP contribution in [0.3, 0.4) is 0 Å². The van der Waals surface area contributed by atoms with E-state index in [0.29, 0.717) is 5.02 Å². The molecule has 0 spiro atoms. The van der Waals surface area contributed by atoms with Crippen LogP contribution in [-0.4, -0.2) is 32.2 Å². The summed E-state index contributed by atoms with van der Waals surface area (Å²) in [6.07, 6.45) is 0. The van der Waals surface area contributed by atoms with E-state index < -0.39 is 10.0 Å². The molecule has 0 atom stereocenters. The van der Waals surface area contributed by atoms with Crippen LogP contribution in [0.2, 0.25) is 10.0 Å². The van der Waals surface area contributed by atoms with Gasteiger partial charge in [0.25, 0.3) is 0 Å². The molecule has 0 saturated heterocycles. The number of benzene rings is 1. The first-order valence-corrected chi connectivity index (χ1v) is 7.10. The number of sulfonamides is 1. The summed E-state index contributed by atoms with van der Waals surface area (Å²) in [5, 5.41) is 0.498. The van der Waals surface area contributed by atoms with E-state index in [0.717, 1.165) is 4.31 Å². The molecule has 0 bridgehead atoms. The van der Waals surface area contributed by atoms with E-state index in [1.807, 2.05) is 0 Å². The van der Waals surface area contributed by atoms with E-state index in [-0.39, 0.29) is 22.3 Å². The highest BCUT2D eigenvalue weighted by Gasteiger charge is 2.22. The smallest absolute Gasteiger partial charge is 0.207 e. The summed E-state index contributed by atoms with van der Waals surface area (Å²) in [5.41, 5.74) is 0. The summed E-state index contributed by atoms with van der Waals surface area (Å²) in [4.78, 5) is 0.0335. The zero-order valence-electron chi connectivity index (χ0n) is 8.45. The summed E-state index contributed by atoms with van der Waals surface area (Å²) in [6, 6.07) is 4.25. The summed E-state index contributed by atoms with van der Waals surface area (Å²) in [5.74, 6) is 0.223. The Hall–Kier alpha value is -0.000000000000000111. The lowest BCUT2D eigenvalue weighted by atomic mass is 10.4. The first-order chi connectivity index (χ1) is 7.39. The number of hydrogen-bond acceptors (Lipinski definition) is 2. The van der Waals surface area contributed by atoms with Crippen LogP contribution in [0.25, 0.3) is 0 Å². The lowest BCUT2D eigenvalue weighted by molar-refractivity contribution is 0.488. The molecule has 90 valence electrons. The van der Waals surface area contributed by atoms with E-state index >= 15 is 0 Å². The summed E-state index contributed by atoms with van der Waals surface area (Å²) in [7, 11) is -2.14. The summed E-state index contributed by atoms with van der Waals surface area (Å²) in [6.45, 7) is 0.225. The quantitative estimate of drug-likeness (QED) is 0.802. The fourth-order valence-corrected chi connectivity index (χ4v) is 3.36. The van der Waals surface area contributed by atoms with Crippen LogP contribution in [0.4, 0.5) is 0 Å². The van der Waals surface area contributed by atoms with Crippen LogP contribution in [0, 0.1) is 0 Å². The van der Waals surface area contributed by atoms with Crippen LogP contribution >= 0.6 is 34.8 Å². The van der Waals surface area contributed by atoms with Crippen molar-refractivity contribution in [2.75, 3.05) is 19.5 Å². The molecule has 0 aliphatic heterocycles. The average Bonchev–Trinajstić information content (AvgIpc) is 2.17. The third kappa shape index (κ3) is 3.02. The van der Waals surface area contributed by atoms with Crippen molar-refractivity contribution in [1.82, 2.24) is 4.31 Å². The predicted molar refractivity (Wildman–Crippen MR) is 67.0 cm³/mol. The topological polar surface area (TPSA) is 37.4 Å². The Bertz CT molecular complexity index is 476. The summed E-state index contributed by atoms with van der Waals surface area (Å²) < 4.78 is 25.1. The molecular weight excluding hydrogens is 293 g/mol. The molecule has 0 N–H and O–H groups in total. The molecule has 0 heterocycles. The fourth-order valence-electron chi connectivity index (χ4n) is 1.09. The summed E-state index contributed by atoms with van der Waals surface area (Å²) >= 11 is 17.0. The molecule has 0 fully saturated rings. The van der Waals surface area contributed by atoms with Gasteiger partial charge < -0.3 is 0 Å². The minimum atomic E-state index is -3.59. The number of hydrogen-bond donors (Lipinski definition) is 0. The lowest BCUT2D eigenvalue weighted by Gasteiger charge is -2.16. The van der Waals surface area contributed by atoms with Crippen molar-refractivity contribution in [3.05, 3.63) is 28.2 Å². The van der Waals surface area contributed by atoms with E-state index in [1.165, 1.54) is 25.2 Å². The number of nitrogens with zero attached hydrogens (tertiary/aromatic N) is 1. The molecule has 1 aromatic carbocycles. The van der Waals surface area contributed by atoms with Gasteiger partial charge in [0.1, 0.15) is 4.90 Å². The maximum Gasteiger partial charge on any atom is 0.244 e.